The lowest BCUT2D eigenvalue weighted by atomic mass is 10.2. The van der Waals surface area contributed by atoms with E-state index in [9.17, 15) is 8.78 Å². The fourth-order valence-corrected chi connectivity index (χ4v) is 2.61. The number of benzene rings is 2. The highest BCUT2D eigenvalue weighted by molar-refractivity contribution is 7.98. The number of anilines is 1. The van der Waals surface area contributed by atoms with Crippen LogP contribution in [-0.4, -0.2) is 7.11 Å². The van der Waals surface area contributed by atoms with Crippen molar-refractivity contribution in [1.29, 1.82) is 0 Å². The van der Waals surface area contributed by atoms with Gasteiger partial charge >= 0.3 is 0 Å². The molecule has 0 fully saturated rings. The first-order valence-corrected chi connectivity index (χ1v) is 6.59. The minimum absolute atomic E-state index is 0.205. The summed E-state index contributed by atoms with van der Waals surface area (Å²) in [5, 5.41) is 0. The highest BCUT2D eigenvalue weighted by Gasteiger charge is 2.09. The van der Waals surface area contributed by atoms with Gasteiger partial charge in [-0.15, -0.1) is 11.8 Å². The molecule has 0 aliphatic carbocycles. The Morgan fingerprint density at radius 1 is 1.21 bits per heavy atom. The van der Waals surface area contributed by atoms with Crippen LogP contribution in [0.2, 0.25) is 0 Å². The molecule has 100 valence electrons. The fraction of sp³-hybridized carbons (Fsp3) is 0.143. The van der Waals surface area contributed by atoms with E-state index in [0.29, 0.717) is 21.9 Å². The molecule has 19 heavy (non-hydrogen) atoms. The maximum absolute atomic E-state index is 13.9. The van der Waals surface area contributed by atoms with Crippen LogP contribution in [-0.2, 0) is 5.75 Å². The van der Waals surface area contributed by atoms with Crippen LogP contribution < -0.4 is 10.5 Å². The summed E-state index contributed by atoms with van der Waals surface area (Å²) in [6.07, 6.45) is 0. The number of ether oxygens (including phenoxy) is 1. The summed E-state index contributed by atoms with van der Waals surface area (Å²) in [4.78, 5) is 0.666. The normalized spacial score (nSPS) is 10.5. The Labute approximate surface area is 114 Å². The summed E-state index contributed by atoms with van der Waals surface area (Å²) in [6.45, 7) is 0. The Bertz CT molecular complexity index is 569. The standard InChI is InChI=1S/C14H13F2NOS/c1-18-13-4-2-3-9(14(13)16)8-19-12-6-10(15)5-11(17)7-12/h2-7H,8,17H2,1H3. The van der Waals surface area contributed by atoms with E-state index < -0.39 is 5.82 Å². The summed E-state index contributed by atoms with van der Waals surface area (Å²) < 4.78 is 32.0. The van der Waals surface area contributed by atoms with Crippen LogP contribution >= 0.6 is 11.8 Å². The largest absolute Gasteiger partial charge is 0.494 e. The predicted molar refractivity (Wildman–Crippen MR) is 73.3 cm³/mol. The first-order valence-electron chi connectivity index (χ1n) is 5.60. The Morgan fingerprint density at radius 3 is 2.68 bits per heavy atom. The van der Waals surface area contributed by atoms with E-state index >= 15 is 0 Å². The molecule has 0 aliphatic rings. The number of thioether (sulfide) groups is 1. The van der Waals surface area contributed by atoms with Crippen molar-refractivity contribution in [2.45, 2.75) is 10.6 Å². The van der Waals surface area contributed by atoms with Crippen molar-refractivity contribution < 1.29 is 13.5 Å². The molecule has 2 rings (SSSR count). The summed E-state index contributed by atoms with van der Waals surface area (Å²) >= 11 is 1.32. The van der Waals surface area contributed by atoms with Crippen LogP contribution in [0, 0.1) is 11.6 Å². The molecule has 2 N–H and O–H groups in total. The van der Waals surface area contributed by atoms with E-state index in [1.807, 2.05) is 0 Å². The van der Waals surface area contributed by atoms with Gasteiger partial charge in [0.05, 0.1) is 7.11 Å². The third kappa shape index (κ3) is 3.38. The predicted octanol–water partition coefficient (Wildman–Crippen LogP) is 3.85. The van der Waals surface area contributed by atoms with Crippen molar-refractivity contribution in [1.82, 2.24) is 0 Å². The van der Waals surface area contributed by atoms with Crippen LogP contribution in [0.4, 0.5) is 14.5 Å². The first-order chi connectivity index (χ1) is 9.10. The van der Waals surface area contributed by atoms with Gasteiger partial charge in [0.1, 0.15) is 5.82 Å². The molecule has 0 saturated heterocycles. The lowest BCUT2D eigenvalue weighted by Gasteiger charge is -2.07. The molecule has 0 aromatic heterocycles. The second-order valence-electron chi connectivity index (χ2n) is 3.94. The van der Waals surface area contributed by atoms with E-state index in [1.54, 1.807) is 24.3 Å². The van der Waals surface area contributed by atoms with Crippen molar-refractivity contribution in [2.75, 3.05) is 12.8 Å². The van der Waals surface area contributed by atoms with Crippen LogP contribution in [0.5, 0.6) is 5.75 Å². The van der Waals surface area contributed by atoms with E-state index in [2.05, 4.69) is 0 Å². The van der Waals surface area contributed by atoms with E-state index in [4.69, 9.17) is 10.5 Å². The highest BCUT2D eigenvalue weighted by Crippen LogP contribution is 2.29. The van der Waals surface area contributed by atoms with Gasteiger partial charge in [0, 0.05) is 21.9 Å². The lowest BCUT2D eigenvalue weighted by Crippen LogP contribution is -1.93. The van der Waals surface area contributed by atoms with Crippen molar-refractivity contribution in [3.05, 3.63) is 53.6 Å². The number of hydrogen-bond donors (Lipinski definition) is 1. The van der Waals surface area contributed by atoms with Crippen molar-refractivity contribution >= 4 is 17.4 Å². The molecular formula is C14H13F2NOS. The zero-order chi connectivity index (χ0) is 13.8. The monoisotopic (exact) mass is 281 g/mol. The topological polar surface area (TPSA) is 35.2 Å². The summed E-state index contributed by atoms with van der Waals surface area (Å²) in [5.41, 5.74) is 6.42. The van der Waals surface area contributed by atoms with Gasteiger partial charge in [0.2, 0.25) is 0 Å². The highest BCUT2D eigenvalue weighted by atomic mass is 32.2. The molecule has 0 atom stereocenters. The van der Waals surface area contributed by atoms with Gasteiger partial charge in [-0.25, -0.2) is 8.78 Å². The number of halogens is 2. The summed E-state index contributed by atoms with van der Waals surface area (Å²) in [6, 6.07) is 9.23. The minimum Gasteiger partial charge on any atom is -0.494 e. The Hall–Kier alpha value is -1.75. The average molecular weight is 281 g/mol. The molecule has 0 heterocycles. The van der Waals surface area contributed by atoms with E-state index in [1.165, 1.54) is 31.0 Å². The molecule has 2 nitrogen and oxygen atoms in total. The summed E-state index contributed by atoms with van der Waals surface area (Å²) in [5.74, 6) is -0.196. The van der Waals surface area contributed by atoms with Crippen LogP contribution in [0.15, 0.2) is 41.3 Å². The van der Waals surface area contributed by atoms with E-state index in [-0.39, 0.29) is 11.6 Å². The molecule has 0 saturated carbocycles. The number of nitrogens with two attached hydrogens (primary N) is 1. The quantitative estimate of drug-likeness (QED) is 0.683. The molecule has 0 unspecified atom stereocenters. The fourth-order valence-electron chi connectivity index (χ4n) is 1.65. The summed E-state index contributed by atoms with van der Waals surface area (Å²) in [7, 11) is 1.42. The lowest BCUT2D eigenvalue weighted by molar-refractivity contribution is 0.385. The molecule has 2 aromatic carbocycles. The van der Waals surface area contributed by atoms with Gasteiger partial charge in [-0.1, -0.05) is 12.1 Å². The molecule has 0 radical (unpaired) electrons. The average Bonchev–Trinajstić information content (AvgIpc) is 2.36. The smallest absolute Gasteiger partial charge is 0.169 e. The third-order valence-electron chi connectivity index (χ3n) is 2.55. The van der Waals surface area contributed by atoms with Crippen molar-refractivity contribution in [3.8, 4) is 5.75 Å². The van der Waals surface area contributed by atoms with E-state index in [0.717, 1.165) is 0 Å². The molecule has 0 amide bonds. The second kappa shape index (κ2) is 5.93. The molecular weight excluding hydrogens is 268 g/mol. The van der Waals surface area contributed by atoms with Gasteiger partial charge in [-0.3, -0.25) is 0 Å². The van der Waals surface area contributed by atoms with Gasteiger partial charge in [0.15, 0.2) is 11.6 Å². The molecule has 0 spiro atoms. The van der Waals surface area contributed by atoms with Gasteiger partial charge in [-0.05, 0) is 24.3 Å². The second-order valence-corrected chi connectivity index (χ2v) is 4.99. The van der Waals surface area contributed by atoms with Crippen molar-refractivity contribution in [3.63, 3.8) is 0 Å². The molecule has 0 aliphatic heterocycles. The molecule has 2 aromatic rings. The van der Waals surface area contributed by atoms with Crippen LogP contribution in [0.1, 0.15) is 5.56 Å². The van der Waals surface area contributed by atoms with Gasteiger partial charge in [-0.2, -0.15) is 0 Å². The zero-order valence-electron chi connectivity index (χ0n) is 10.3. The molecule has 5 heteroatoms. The first kappa shape index (κ1) is 13.7. The number of nitrogen functional groups attached to an aromatic ring is 1. The number of rotatable bonds is 4. The van der Waals surface area contributed by atoms with Crippen LogP contribution in [0.25, 0.3) is 0 Å². The number of hydrogen-bond acceptors (Lipinski definition) is 3. The van der Waals surface area contributed by atoms with Crippen LogP contribution in [0.3, 0.4) is 0 Å². The molecule has 0 bridgehead atoms. The number of methoxy groups -OCH3 is 1. The Morgan fingerprint density at radius 2 is 2.00 bits per heavy atom. The Balaban J connectivity index is 2.14. The third-order valence-corrected chi connectivity index (χ3v) is 3.58. The van der Waals surface area contributed by atoms with Gasteiger partial charge < -0.3 is 10.5 Å². The maximum atomic E-state index is 13.9. The van der Waals surface area contributed by atoms with Gasteiger partial charge in [0.25, 0.3) is 0 Å². The Kier molecular flexibility index (Phi) is 4.27. The van der Waals surface area contributed by atoms with Crippen molar-refractivity contribution in [2.24, 2.45) is 0 Å². The minimum atomic E-state index is -0.395. The zero-order valence-corrected chi connectivity index (χ0v) is 11.1. The SMILES string of the molecule is COc1cccc(CSc2cc(N)cc(F)c2)c1F. The maximum Gasteiger partial charge on any atom is 0.169 e.